The van der Waals surface area contributed by atoms with Crippen molar-refractivity contribution in [2.45, 2.75) is 6.92 Å². The lowest BCUT2D eigenvalue weighted by Crippen LogP contribution is -2.20. The summed E-state index contributed by atoms with van der Waals surface area (Å²) in [6.45, 7) is 2.01. The van der Waals surface area contributed by atoms with E-state index in [1.807, 2.05) is 122 Å². The number of nitrogens with zero attached hydrogens (tertiary/aromatic N) is 4. The zero-order valence-corrected chi connectivity index (χ0v) is 22.2. The average molecular weight is 533 g/mol. The van der Waals surface area contributed by atoms with Crippen molar-refractivity contribution in [2.24, 2.45) is 20.0 Å². The smallest absolute Gasteiger partial charge is 0.308 e. The lowest BCUT2D eigenvalue weighted by Gasteiger charge is -2.13. The van der Waals surface area contributed by atoms with Crippen LogP contribution in [-0.4, -0.2) is 28.9 Å². The maximum atomic E-state index is 12.9. The van der Waals surface area contributed by atoms with E-state index in [4.69, 9.17) is 15.0 Å². The van der Waals surface area contributed by atoms with Gasteiger partial charge in [0.2, 0.25) is 0 Å². The van der Waals surface area contributed by atoms with Gasteiger partial charge in [-0.15, -0.1) is 0 Å². The first kappa shape index (κ1) is 24.4. The lowest BCUT2D eigenvalue weighted by atomic mass is 10.00. The highest BCUT2D eigenvalue weighted by molar-refractivity contribution is 6.20. The predicted octanol–water partition coefficient (Wildman–Crippen LogP) is 7.06. The number of fused-ring (bicyclic) bond motifs is 4. The Bertz CT molecular complexity index is 1880. The molecule has 8 bridgehead atoms. The van der Waals surface area contributed by atoms with Crippen LogP contribution in [0.3, 0.4) is 0 Å². The minimum atomic E-state index is -0.324. The topological polar surface area (TPSA) is 90.6 Å². The summed E-state index contributed by atoms with van der Waals surface area (Å²) in [4.78, 5) is 32.1. The molecule has 0 aromatic heterocycles. The molecule has 2 amide bonds. The van der Waals surface area contributed by atoms with Gasteiger partial charge in [0.1, 0.15) is 0 Å². The van der Waals surface area contributed by atoms with E-state index in [0.29, 0.717) is 5.69 Å². The first-order valence-electron chi connectivity index (χ1n) is 13.3. The molecule has 196 valence electrons. The molecule has 2 aromatic rings. The van der Waals surface area contributed by atoms with Crippen LogP contribution >= 0.6 is 0 Å². The van der Waals surface area contributed by atoms with E-state index >= 15 is 0 Å². The molecule has 5 aliphatic heterocycles. The van der Waals surface area contributed by atoms with E-state index in [-0.39, 0.29) is 6.03 Å². The molecule has 7 heteroatoms. The largest absolute Gasteiger partial charge is 0.323 e. The van der Waals surface area contributed by atoms with Crippen LogP contribution in [0.1, 0.15) is 11.1 Å². The van der Waals surface area contributed by atoms with Crippen molar-refractivity contribution in [2.75, 3.05) is 10.6 Å². The highest BCUT2D eigenvalue weighted by Gasteiger charge is 2.21. The highest BCUT2D eigenvalue weighted by Crippen LogP contribution is 2.35. The number of carbonyl (C=O) groups excluding carboxylic acids is 1. The van der Waals surface area contributed by atoms with E-state index in [2.05, 4.69) is 15.6 Å². The molecule has 0 saturated carbocycles. The standard InChI is InChI=1S/C34H24N6O/c1-21-6-8-22(9-7-21)39-34(41)40-32-5-3-2-4-30(32)31-19-29-18-27-13-12-25(36-27)16-23-10-11-24(35-23)17-26-14-15-28(37-26)20-33(31)38-29/h2-20H,1H3,(H2,39,40,41). The number of carbonyl (C=O) groups is 1. The van der Waals surface area contributed by atoms with Crippen LogP contribution in [0.2, 0.25) is 0 Å². The lowest BCUT2D eigenvalue weighted by molar-refractivity contribution is 0.262. The number of aliphatic imine (C=N–C) groups is 4. The number of nitrogens with one attached hydrogen (secondary N) is 2. The molecule has 5 heterocycles. The Kier molecular flexibility index (Phi) is 6.02. The molecular formula is C34H24N6O. The van der Waals surface area contributed by atoms with Gasteiger partial charge in [-0.25, -0.2) is 24.8 Å². The number of aryl methyl sites for hydroxylation is 1. The maximum Gasteiger partial charge on any atom is 0.323 e. The van der Waals surface area contributed by atoms with Crippen molar-refractivity contribution in [3.8, 4) is 0 Å². The molecule has 5 aliphatic rings. The molecule has 0 radical (unpaired) electrons. The summed E-state index contributed by atoms with van der Waals surface area (Å²) in [6.07, 6.45) is 21.6. The monoisotopic (exact) mass is 532 g/mol. The maximum absolute atomic E-state index is 12.9. The van der Waals surface area contributed by atoms with Gasteiger partial charge in [-0.2, -0.15) is 0 Å². The van der Waals surface area contributed by atoms with Crippen LogP contribution in [0.15, 0.2) is 158 Å². The fourth-order valence-corrected chi connectivity index (χ4v) is 4.86. The van der Waals surface area contributed by atoms with Crippen LogP contribution < -0.4 is 10.6 Å². The van der Waals surface area contributed by atoms with Crippen molar-refractivity contribution < 1.29 is 4.79 Å². The van der Waals surface area contributed by atoms with Gasteiger partial charge in [-0.3, -0.25) is 0 Å². The Morgan fingerprint density at radius 3 is 1.83 bits per heavy atom. The van der Waals surface area contributed by atoms with Gasteiger partial charge in [0.05, 0.1) is 51.3 Å². The number of anilines is 2. The number of amides is 2. The van der Waals surface area contributed by atoms with Crippen molar-refractivity contribution in [3.63, 3.8) is 0 Å². The number of rotatable bonds is 3. The molecule has 0 unspecified atom stereocenters. The first-order valence-corrected chi connectivity index (χ1v) is 13.3. The number of hydrogen-bond acceptors (Lipinski definition) is 5. The molecule has 0 fully saturated rings. The summed E-state index contributed by atoms with van der Waals surface area (Å²) in [5, 5.41) is 5.92. The summed E-state index contributed by atoms with van der Waals surface area (Å²) < 4.78 is 0. The van der Waals surface area contributed by atoms with Gasteiger partial charge >= 0.3 is 6.03 Å². The zero-order chi connectivity index (χ0) is 27.8. The number of hydrogen-bond donors (Lipinski definition) is 2. The second-order valence-corrected chi connectivity index (χ2v) is 9.93. The second kappa shape index (κ2) is 10.1. The van der Waals surface area contributed by atoms with Gasteiger partial charge in [-0.1, -0.05) is 35.9 Å². The van der Waals surface area contributed by atoms with Crippen LogP contribution in [0.5, 0.6) is 0 Å². The Morgan fingerprint density at radius 1 is 0.585 bits per heavy atom. The minimum Gasteiger partial charge on any atom is -0.308 e. The second-order valence-electron chi connectivity index (χ2n) is 9.93. The molecule has 41 heavy (non-hydrogen) atoms. The van der Waals surface area contributed by atoms with Crippen LogP contribution in [0, 0.1) is 6.92 Å². The third-order valence-corrected chi connectivity index (χ3v) is 6.81. The van der Waals surface area contributed by atoms with Crippen molar-refractivity contribution >= 4 is 45.8 Å². The summed E-state index contributed by atoms with van der Waals surface area (Å²) in [7, 11) is 0. The normalized spacial score (nSPS) is 18.0. The number of allylic oxidation sites excluding steroid dienone is 12. The third-order valence-electron chi connectivity index (χ3n) is 6.81. The SMILES string of the molecule is Cc1ccc(NC(=O)Nc2ccccc2C2=CC3=NC2=CC2=NC(=CC4=NC(=CC5=NC(=C3)C=C5)C=C4)C=C2)cc1. The highest BCUT2D eigenvalue weighted by atomic mass is 16.2. The van der Waals surface area contributed by atoms with Gasteiger partial charge < -0.3 is 10.6 Å². The number of para-hydroxylation sites is 1. The first-order chi connectivity index (χ1) is 20.0. The van der Waals surface area contributed by atoms with Crippen LogP contribution in [-0.2, 0) is 0 Å². The fourth-order valence-electron chi connectivity index (χ4n) is 4.86. The van der Waals surface area contributed by atoms with E-state index < -0.39 is 0 Å². The predicted molar refractivity (Wildman–Crippen MR) is 168 cm³/mol. The van der Waals surface area contributed by atoms with Crippen LogP contribution in [0.4, 0.5) is 16.2 Å². The number of benzene rings is 2. The van der Waals surface area contributed by atoms with Gasteiger partial charge in [-0.05, 0) is 92.0 Å². The number of urea groups is 1. The van der Waals surface area contributed by atoms with E-state index in [0.717, 1.165) is 68.0 Å². The molecule has 2 N–H and O–H groups in total. The summed E-state index contributed by atoms with van der Waals surface area (Å²) >= 11 is 0. The fraction of sp³-hybridized carbons (Fsp3) is 0.0294. The Balaban J connectivity index is 1.26. The van der Waals surface area contributed by atoms with E-state index in [9.17, 15) is 4.79 Å². The quantitative estimate of drug-likeness (QED) is 0.435. The zero-order valence-electron chi connectivity index (χ0n) is 22.2. The summed E-state index contributed by atoms with van der Waals surface area (Å²) in [5.74, 6) is 0. The summed E-state index contributed by atoms with van der Waals surface area (Å²) in [6, 6.07) is 15.1. The van der Waals surface area contributed by atoms with Gasteiger partial charge in [0.15, 0.2) is 0 Å². The summed E-state index contributed by atoms with van der Waals surface area (Å²) in [5.41, 5.74) is 10.6. The molecule has 2 aromatic carbocycles. The third kappa shape index (κ3) is 5.29. The van der Waals surface area contributed by atoms with Gasteiger partial charge in [0.25, 0.3) is 0 Å². The van der Waals surface area contributed by atoms with Crippen molar-refractivity contribution in [1.82, 2.24) is 0 Å². The Morgan fingerprint density at radius 2 is 1.17 bits per heavy atom. The molecule has 0 aliphatic carbocycles. The molecule has 7 nitrogen and oxygen atoms in total. The van der Waals surface area contributed by atoms with Crippen LogP contribution in [0.25, 0.3) is 5.57 Å². The molecule has 0 spiro atoms. The van der Waals surface area contributed by atoms with E-state index in [1.54, 1.807) is 0 Å². The average Bonchev–Trinajstić information content (AvgIpc) is 3.76. The Hall–Kier alpha value is -5.69. The molecule has 0 saturated heterocycles. The van der Waals surface area contributed by atoms with E-state index in [1.165, 1.54) is 0 Å². The Labute approximate surface area is 237 Å². The molecule has 7 rings (SSSR count). The van der Waals surface area contributed by atoms with Gasteiger partial charge in [0, 0.05) is 16.8 Å². The van der Waals surface area contributed by atoms with Crippen molar-refractivity contribution in [1.29, 1.82) is 0 Å². The van der Waals surface area contributed by atoms with Crippen molar-refractivity contribution in [3.05, 3.63) is 149 Å². The minimum absolute atomic E-state index is 0.324. The molecule has 0 atom stereocenters. The molecular weight excluding hydrogens is 508 g/mol.